The molecular formula is C35H39N3O5. The summed E-state index contributed by atoms with van der Waals surface area (Å²) in [5.74, 6) is -2.61. The second-order valence-electron chi connectivity index (χ2n) is 13.8. The second-order valence-corrected chi connectivity index (χ2v) is 13.8. The highest BCUT2D eigenvalue weighted by Gasteiger charge is 2.69. The molecule has 0 saturated carbocycles. The number of likely N-dealkylation sites (N-methyl/N-ethyl adjacent to an activating group) is 1. The van der Waals surface area contributed by atoms with Crippen LogP contribution >= 0.6 is 0 Å². The fourth-order valence-corrected chi connectivity index (χ4v) is 9.18. The highest BCUT2D eigenvalue weighted by Crippen LogP contribution is 2.51. The number of aliphatic hydroxyl groups is 1. The summed E-state index contributed by atoms with van der Waals surface area (Å²) in [5, 5.41) is 12.1. The Morgan fingerprint density at radius 1 is 1.12 bits per heavy atom. The molecular weight excluding hydrogens is 542 g/mol. The molecule has 6 aliphatic rings. The first-order chi connectivity index (χ1) is 20.7. The number of allylic oxidation sites excluding steroid dienone is 1. The number of hydrogen-bond acceptors (Lipinski definition) is 6. The fraction of sp³-hybridized carbons (Fsp3) is 0.514. The Balaban J connectivity index is 1.07. The van der Waals surface area contributed by atoms with E-state index < -0.39 is 29.5 Å². The number of carbonyl (C=O) groups excluding carboxylic acids is 3. The van der Waals surface area contributed by atoms with Crippen LogP contribution in [-0.2, 0) is 32.0 Å². The normalized spacial score (nSPS) is 36.3. The molecule has 2 aromatic rings. The number of amides is 2. The Labute approximate surface area is 252 Å². The zero-order valence-corrected chi connectivity index (χ0v) is 24.9. The highest BCUT2D eigenvalue weighted by molar-refractivity contribution is 5.98. The SMILES string of the molecule is CN1C[C@H](C(=O)C[C@]2(C)O[C@@]3(O)[C@@H]4CCCN4C(=O)[C@H](Cc4ccccc4)N3C2=O)C[C@@H]2c3cccc4c3C(=CC4)C[C@H]21. The third-order valence-corrected chi connectivity index (χ3v) is 11.2. The van der Waals surface area contributed by atoms with E-state index in [0.29, 0.717) is 25.6 Å². The van der Waals surface area contributed by atoms with Gasteiger partial charge in [0, 0.05) is 43.8 Å². The average Bonchev–Trinajstić information content (AvgIpc) is 3.70. The van der Waals surface area contributed by atoms with E-state index >= 15 is 0 Å². The van der Waals surface area contributed by atoms with E-state index in [4.69, 9.17) is 4.74 Å². The van der Waals surface area contributed by atoms with Crippen LogP contribution in [0.25, 0.3) is 5.57 Å². The monoisotopic (exact) mass is 581 g/mol. The molecule has 0 unspecified atom stereocenters. The third-order valence-electron chi connectivity index (χ3n) is 11.2. The van der Waals surface area contributed by atoms with Crippen LogP contribution in [0.15, 0.2) is 54.6 Å². The number of nitrogens with zero attached hydrogens (tertiary/aromatic N) is 3. The van der Waals surface area contributed by atoms with Crippen molar-refractivity contribution in [1.82, 2.24) is 14.7 Å². The summed E-state index contributed by atoms with van der Waals surface area (Å²) < 4.78 is 6.37. The molecule has 0 aromatic heterocycles. The van der Waals surface area contributed by atoms with Crippen LogP contribution in [0.3, 0.4) is 0 Å². The van der Waals surface area contributed by atoms with E-state index in [1.807, 2.05) is 30.3 Å². The van der Waals surface area contributed by atoms with Gasteiger partial charge in [-0.3, -0.25) is 19.3 Å². The Bertz CT molecular complexity index is 1560. The number of piperazine rings is 1. The number of benzene rings is 2. The zero-order valence-electron chi connectivity index (χ0n) is 24.9. The van der Waals surface area contributed by atoms with Gasteiger partial charge in [-0.25, -0.2) is 0 Å². The molecule has 4 fully saturated rings. The van der Waals surface area contributed by atoms with Crippen molar-refractivity contribution in [3.8, 4) is 0 Å². The van der Waals surface area contributed by atoms with Gasteiger partial charge in [-0.1, -0.05) is 54.6 Å². The van der Waals surface area contributed by atoms with Crippen LogP contribution in [0, 0.1) is 5.92 Å². The largest absolute Gasteiger partial charge is 0.347 e. The Hall–Kier alpha value is -3.33. The molecule has 1 N–H and O–H groups in total. The van der Waals surface area contributed by atoms with Gasteiger partial charge < -0.3 is 19.6 Å². The highest BCUT2D eigenvalue weighted by atomic mass is 16.7. The Morgan fingerprint density at radius 2 is 1.93 bits per heavy atom. The van der Waals surface area contributed by atoms with E-state index in [9.17, 15) is 19.5 Å². The number of ether oxygens (including phenoxy) is 1. The van der Waals surface area contributed by atoms with E-state index in [0.717, 1.165) is 31.2 Å². The average molecular weight is 582 g/mol. The molecule has 4 heterocycles. The molecule has 0 bridgehead atoms. The number of Topliss-reactive ketones (excluding diaryl/α,β-unsaturated/α-hetero) is 1. The van der Waals surface area contributed by atoms with Crippen molar-refractivity contribution < 1.29 is 24.2 Å². The molecule has 4 aliphatic heterocycles. The summed E-state index contributed by atoms with van der Waals surface area (Å²) >= 11 is 0. The molecule has 0 spiro atoms. The van der Waals surface area contributed by atoms with Gasteiger partial charge >= 0.3 is 0 Å². The number of fused-ring (bicyclic) bond motifs is 5. The van der Waals surface area contributed by atoms with Crippen molar-refractivity contribution in [1.29, 1.82) is 0 Å². The van der Waals surface area contributed by atoms with Gasteiger partial charge in [0.25, 0.3) is 11.8 Å². The number of hydrogen-bond donors (Lipinski definition) is 1. The minimum Gasteiger partial charge on any atom is -0.347 e. The quantitative estimate of drug-likeness (QED) is 0.583. The minimum absolute atomic E-state index is 0.0206. The number of piperidine rings is 1. The molecule has 4 saturated heterocycles. The molecule has 2 aromatic carbocycles. The lowest BCUT2D eigenvalue weighted by molar-refractivity contribution is -0.312. The van der Waals surface area contributed by atoms with Crippen LogP contribution in [0.5, 0.6) is 0 Å². The van der Waals surface area contributed by atoms with Gasteiger partial charge in [-0.05, 0) is 73.9 Å². The molecule has 224 valence electrons. The molecule has 2 amide bonds. The van der Waals surface area contributed by atoms with E-state index in [-0.39, 0.29) is 36.4 Å². The molecule has 0 radical (unpaired) electrons. The maximum Gasteiger partial charge on any atom is 0.274 e. The predicted molar refractivity (Wildman–Crippen MR) is 160 cm³/mol. The van der Waals surface area contributed by atoms with Crippen molar-refractivity contribution in [3.05, 3.63) is 76.9 Å². The zero-order chi connectivity index (χ0) is 29.7. The van der Waals surface area contributed by atoms with E-state index in [1.165, 1.54) is 27.2 Å². The molecule has 7 atom stereocenters. The van der Waals surface area contributed by atoms with Crippen molar-refractivity contribution in [3.63, 3.8) is 0 Å². The van der Waals surface area contributed by atoms with Gasteiger partial charge in [0.1, 0.15) is 17.9 Å². The van der Waals surface area contributed by atoms with Crippen molar-refractivity contribution >= 4 is 23.2 Å². The van der Waals surface area contributed by atoms with Crippen molar-refractivity contribution in [2.75, 3.05) is 20.1 Å². The summed E-state index contributed by atoms with van der Waals surface area (Å²) in [6, 6.07) is 15.0. The van der Waals surface area contributed by atoms with Gasteiger partial charge in [0.15, 0.2) is 5.60 Å². The number of carbonyl (C=O) groups is 3. The molecule has 8 rings (SSSR count). The maximum atomic E-state index is 14.3. The molecule has 2 aliphatic carbocycles. The van der Waals surface area contributed by atoms with E-state index in [1.54, 1.807) is 11.8 Å². The van der Waals surface area contributed by atoms with Crippen LogP contribution < -0.4 is 0 Å². The summed E-state index contributed by atoms with van der Waals surface area (Å²) in [6.45, 7) is 2.78. The van der Waals surface area contributed by atoms with E-state index in [2.05, 4.69) is 36.2 Å². The second kappa shape index (κ2) is 9.58. The predicted octanol–water partition coefficient (Wildman–Crippen LogP) is 3.27. The van der Waals surface area contributed by atoms with Crippen LogP contribution in [0.2, 0.25) is 0 Å². The molecule has 8 heteroatoms. The lowest BCUT2D eigenvalue weighted by Crippen LogP contribution is -2.71. The topological polar surface area (TPSA) is 90.4 Å². The summed E-state index contributed by atoms with van der Waals surface area (Å²) in [7, 11) is 2.11. The number of rotatable bonds is 5. The first-order valence-corrected chi connectivity index (χ1v) is 15.8. The minimum atomic E-state index is -1.96. The Kier molecular flexibility index (Phi) is 6.07. The maximum absolute atomic E-state index is 14.3. The van der Waals surface area contributed by atoms with Gasteiger partial charge in [0.2, 0.25) is 5.91 Å². The lowest BCUT2D eigenvalue weighted by Gasteiger charge is -2.49. The summed E-state index contributed by atoms with van der Waals surface area (Å²) in [6.07, 6.45) is 6.50. The van der Waals surface area contributed by atoms with Crippen molar-refractivity contribution in [2.24, 2.45) is 5.92 Å². The van der Waals surface area contributed by atoms with Crippen LogP contribution in [0.4, 0.5) is 0 Å². The fourth-order valence-electron chi connectivity index (χ4n) is 9.18. The van der Waals surface area contributed by atoms with Gasteiger partial charge in [-0.2, -0.15) is 0 Å². The number of ketones is 1. The number of likely N-dealkylation sites (tertiary alicyclic amines) is 1. The molecule has 8 nitrogen and oxygen atoms in total. The standard InChI is InChI=1S/C35H39N3O5/c1-34(19-29(39)24-17-26-25-11-6-10-22-13-14-23(31(22)25)18-27(26)36(2)20-24)33(41)38-28(16-21-8-4-3-5-9-21)32(40)37-15-7-12-30(37)35(38,42)43-34/h3-6,8-11,14,24,26-28,30,42H,7,12-13,15-20H2,1-2H3/t24-,26-,27-,28+,30+,34+,35+/m1/s1. The first kappa shape index (κ1) is 27.2. The summed E-state index contributed by atoms with van der Waals surface area (Å²) in [5.41, 5.74) is 4.90. The smallest absolute Gasteiger partial charge is 0.274 e. The Morgan fingerprint density at radius 3 is 2.74 bits per heavy atom. The van der Waals surface area contributed by atoms with Crippen LogP contribution in [0.1, 0.15) is 67.2 Å². The molecule has 43 heavy (non-hydrogen) atoms. The van der Waals surface area contributed by atoms with Gasteiger partial charge in [0.05, 0.1) is 0 Å². The first-order valence-electron chi connectivity index (χ1n) is 15.8. The van der Waals surface area contributed by atoms with Crippen LogP contribution in [-0.4, -0.2) is 87.2 Å². The van der Waals surface area contributed by atoms with Crippen molar-refractivity contribution in [2.45, 2.75) is 87.4 Å². The third kappa shape index (κ3) is 3.95. The van der Waals surface area contributed by atoms with Gasteiger partial charge in [-0.15, -0.1) is 0 Å². The summed E-state index contributed by atoms with van der Waals surface area (Å²) in [4.78, 5) is 47.4. The lowest BCUT2D eigenvalue weighted by atomic mass is 9.69.